The minimum absolute atomic E-state index is 0.00618. The number of ether oxygens (including phenoxy) is 7. The fraction of sp³-hybridized carbons (Fsp3) is 0.608. The second-order valence-corrected chi connectivity index (χ2v) is 20.0. The third kappa shape index (κ3) is 9.78. The van der Waals surface area contributed by atoms with Crippen LogP contribution in [0.15, 0.2) is 71.8 Å². The number of esters is 4. The van der Waals surface area contributed by atoms with Gasteiger partial charge in [0.05, 0.1) is 48.4 Å². The number of Topliss-reactive ketones (excluding diaryl/α,β-unsaturated/α-hetero) is 1. The van der Waals surface area contributed by atoms with Gasteiger partial charge in [-0.15, -0.1) is 0 Å². The summed E-state index contributed by atoms with van der Waals surface area (Å²) < 4.78 is 43.0. The Bertz CT molecular complexity index is 2360. The van der Waals surface area contributed by atoms with Gasteiger partial charge < -0.3 is 69.1 Å². The molecule has 7 rings (SSSR count). The lowest BCUT2D eigenvalue weighted by molar-refractivity contribution is -0.366. The van der Waals surface area contributed by atoms with Crippen molar-refractivity contribution in [1.29, 1.82) is 0 Å². The van der Waals surface area contributed by atoms with E-state index in [1.54, 1.807) is 55.5 Å². The number of hydrogen-bond acceptors (Lipinski definition) is 19. The molecular weight excluding hydrogens is 931 g/mol. The maximum absolute atomic E-state index is 16.2. The van der Waals surface area contributed by atoms with Crippen LogP contribution in [0, 0.1) is 16.7 Å². The van der Waals surface area contributed by atoms with Gasteiger partial charge in [0.15, 0.2) is 29.9 Å². The molecule has 71 heavy (non-hydrogen) atoms. The van der Waals surface area contributed by atoms with Crippen molar-refractivity contribution in [3.8, 4) is 0 Å². The van der Waals surface area contributed by atoms with Crippen LogP contribution in [0.25, 0.3) is 0 Å². The first kappa shape index (κ1) is 53.6. The van der Waals surface area contributed by atoms with Crippen molar-refractivity contribution >= 4 is 35.6 Å². The Morgan fingerprint density at radius 3 is 2.11 bits per heavy atom. The van der Waals surface area contributed by atoms with Crippen molar-refractivity contribution in [2.45, 2.75) is 165 Å². The number of hydrogen-bond donors (Lipinski definition) is 7. The van der Waals surface area contributed by atoms with Gasteiger partial charge in [0.25, 0.3) is 0 Å². The molecule has 7 N–H and O–H groups in total. The van der Waals surface area contributed by atoms with E-state index in [-0.39, 0.29) is 36.0 Å². The van der Waals surface area contributed by atoms with Crippen LogP contribution in [0.2, 0.25) is 0 Å². The molecule has 5 aliphatic rings. The maximum Gasteiger partial charge on any atom is 0.338 e. The first-order valence-corrected chi connectivity index (χ1v) is 23.9. The number of fused-ring (bicyclic) bond motifs is 5. The first-order chi connectivity index (χ1) is 33.4. The van der Waals surface area contributed by atoms with E-state index in [1.807, 2.05) is 0 Å². The second kappa shape index (κ2) is 20.8. The first-order valence-electron chi connectivity index (χ1n) is 23.9. The predicted octanol–water partition coefficient (Wildman–Crippen LogP) is 1.44. The third-order valence-corrected chi connectivity index (χ3v) is 15.4. The Morgan fingerprint density at radius 1 is 0.873 bits per heavy atom. The number of ketones is 1. The molecule has 20 nitrogen and oxygen atoms in total. The summed E-state index contributed by atoms with van der Waals surface area (Å²) in [6.07, 6.45) is -18.4. The molecule has 2 aliphatic heterocycles. The lowest BCUT2D eigenvalue weighted by atomic mass is 9.44. The summed E-state index contributed by atoms with van der Waals surface area (Å²) in [5.41, 5.74) is -8.06. The van der Waals surface area contributed by atoms with Gasteiger partial charge in [0.1, 0.15) is 42.2 Å². The number of aliphatic hydroxyl groups excluding tert-OH is 5. The van der Waals surface area contributed by atoms with Gasteiger partial charge in [-0.2, -0.15) is 0 Å². The highest BCUT2D eigenvalue weighted by atomic mass is 16.7. The Balaban J connectivity index is 1.41. The SMILES string of the molecule is CCC(O)CCC(=O)N[C@@H](c1ccccc1)[C@@H](O)C(=O)O[C@H]1C[C@@]2(O)[C@@H](OC(=O)c3ccccc3)[C@@H]3[C@]4(OC(C)=O)CO[C@@H]4C[C@H](O[C@@H]4OC[C@@H](O)[C@H](O)[C@H]4O)[C@@]3(C)C(=O)[C@H](OC(C)=O)C(=C1C)C2(C)C. The monoisotopic (exact) mass is 995 g/mol. The topological polar surface area (TPSA) is 300 Å². The summed E-state index contributed by atoms with van der Waals surface area (Å²) in [6.45, 7) is 8.94. The van der Waals surface area contributed by atoms with Gasteiger partial charge in [-0.3, -0.25) is 19.2 Å². The highest BCUT2D eigenvalue weighted by Crippen LogP contribution is 2.65. The van der Waals surface area contributed by atoms with Gasteiger partial charge in [-0.25, -0.2) is 9.59 Å². The van der Waals surface area contributed by atoms with Gasteiger partial charge >= 0.3 is 23.9 Å². The zero-order valence-electron chi connectivity index (χ0n) is 40.7. The van der Waals surface area contributed by atoms with E-state index in [2.05, 4.69) is 5.32 Å². The van der Waals surface area contributed by atoms with Crippen LogP contribution in [0.1, 0.15) is 103 Å². The summed E-state index contributed by atoms with van der Waals surface area (Å²) >= 11 is 0. The zero-order valence-corrected chi connectivity index (χ0v) is 40.7. The van der Waals surface area contributed by atoms with E-state index in [4.69, 9.17) is 33.2 Å². The summed E-state index contributed by atoms with van der Waals surface area (Å²) in [5, 5.41) is 70.8. The Morgan fingerprint density at radius 2 is 1.52 bits per heavy atom. The average Bonchev–Trinajstić information content (AvgIpc) is 3.32. The van der Waals surface area contributed by atoms with Crippen LogP contribution >= 0.6 is 0 Å². The number of amides is 1. The van der Waals surface area contributed by atoms with Crippen molar-refractivity contribution < 1.29 is 92.6 Å². The maximum atomic E-state index is 16.2. The number of carbonyl (C=O) groups excluding carboxylic acids is 6. The summed E-state index contributed by atoms with van der Waals surface area (Å²) in [4.78, 5) is 85.2. The van der Waals surface area contributed by atoms with Gasteiger partial charge in [-0.05, 0) is 55.5 Å². The molecule has 4 fully saturated rings. The minimum atomic E-state index is -2.52. The van der Waals surface area contributed by atoms with Gasteiger partial charge in [-0.1, -0.05) is 69.3 Å². The van der Waals surface area contributed by atoms with Crippen molar-refractivity contribution in [2.24, 2.45) is 16.7 Å². The second-order valence-electron chi connectivity index (χ2n) is 20.0. The van der Waals surface area contributed by atoms with Crippen LogP contribution in [-0.4, -0.2) is 158 Å². The van der Waals surface area contributed by atoms with Crippen LogP contribution in [-0.2, 0) is 57.1 Å². The van der Waals surface area contributed by atoms with E-state index in [0.717, 1.165) is 13.8 Å². The lowest BCUT2D eigenvalue weighted by Crippen LogP contribution is -2.82. The van der Waals surface area contributed by atoms with E-state index in [0.29, 0.717) is 12.0 Å². The normalized spacial score (nSPS) is 35.4. The number of carbonyl (C=O) groups is 6. The summed E-state index contributed by atoms with van der Waals surface area (Å²) in [6, 6.07) is 14.4. The van der Waals surface area contributed by atoms with Crippen LogP contribution in [0.4, 0.5) is 0 Å². The molecule has 2 saturated heterocycles. The predicted molar refractivity (Wildman–Crippen MR) is 244 cm³/mol. The van der Waals surface area contributed by atoms with Crippen molar-refractivity contribution in [1.82, 2.24) is 5.32 Å². The largest absolute Gasteiger partial charge is 0.456 e. The summed E-state index contributed by atoms with van der Waals surface area (Å²) in [5.74, 6) is -7.32. The molecule has 2 aromatic rings. The molecule has 2 aromatic carbocycles. The zero-order chi connectivity index (χ0) is 52.0. The lowest BCUT2D eigenvalue weighted by Gasteiger charge is -2.68. The number of benzene rings is 2. The third-order valence-electron chi connectivity index (χ3n) is 15.4. The van der Waals surface area contributed by atoms with Gasteiger partial charge in [0.2, 0.25) is 5.91 Å². The van der Waals surface area contributed by atoms with Crippen LogP contribution in [0.5, 0.6) is 0 Å². The molecule has 2 heterocycles. The number of aliphatic hydroxyl groups is 6. The molecule has 3 aliphatic carbocycles. The standard InChI is InChI=1S/C51H65NO19/c1-8-30(55)19-20-35(57)52-37(28-15-11-9-12-16-28)39(59)46(63)68-32-22-51(64)44(70-45(62)29-17-13-10-14-18-29)42-49(7,43(61)41(67-26(3)53)36(25(32)2)48(51,5)6)33(21-34-50(42,24-66-34)71-27(4)54)69-47-40(60)38(58)31(56)23-65-47/h9-18,30-34,37-42,44,47,55-56,58-60,64H,8,19-24H2,1-7H3,(H,52,57)/t30?,31-,32+,33+,34-,37+,38+,39-,40-,41-,42+,44+,47+,49-,50+,51-/m1/s1. The van der Waals surface area contributed by atoms with E-state index in [1.165, 1.54) is 39.8 Å². The highest BCUT2D eigenvalue weighted by Gasteiger charge is 2.79. The molecule has 1 amide bonds. The molecular formula is C51H65NO19. The Hall–Kier alpha value is -5.16. The molecule has 20 heteroatoms. The van der Waals surface area contributed by atoms with Crippen molar-refractivity contribution in [3.63, 3.8) is 0 Å². The smallest absolute Gasteiger partial charge is 0.338 e. The molecule has 0 radical (unpaired) electrons. The van der Waals surface area contributed by atoms with Crippen molar-refractivity contribution in [3.05, 3.63) is 82.9 Å². The fourth-order valence-electron chi connectivity index (χ4n) is 11.4. The quantitative estimate of drug-likeness (QED) is 0.0754. The van der Waals surface area contributed by atoms with Crippen molar-refractivity contribution in [2.75, 3.05) is 13.2 Å². The van der Waals surface area contributed by atoms with E-state index >= 15 is 4.79 Å². The molecule has 1 unspecified atom stereocenters. The van der Waals surface area contributed by atoms with Gasteiger partial charge in [0, 0.05) is 38.5 Å². The van der Waals surface area contributed by atoms with E-state index < -0.39 is 157 Å². The molecule has 2 saturated carbocycles. The Labute approximate surface area is 410 Å². The molecule has 0 spiro atoms. The highest BCUT2D eigenvalue weighted by molar-refractivity contribution is 5.95. The molecule has 0 aromatic heterocycles. The number of rotatable bonds is 15. The van der Waals surface area contributed by atoms with E-state index in [9.17, 15) is 54.6 Å². The van der Waals surface area contributed by atoms with Crippen LogP contribution in [0.3, 0.4) is 0 Å². The Kier molecular flexibility index (Phi) is 15.7. The molecule has 16 atom stereocenters. The number of nitrogens with one attached hydrogen (secondary N) is 1. The molecule has 388 valence electrons. The van der Waals surface area contributed by atoms with Crippen LogP contribution < -0.4 is 5.32 Å². The fourth-order valence-corrected chi connectivity index (χ4v) is 11.4. The molecule has 2 bridgehead atoms. The minimum Gasteiger partial charge on any atom is -0.456 e. The average molecular weight is 996 g/mol. The summed E-state index contributed by atoms with van der Waals surface area (Å²) in [7, 11) is 0.